The minimum absolute atomic E-state index is 0.223. The van der Waals surface area contributed by atoms with Crippen LogP contribution in [0.1, 0.15) is 21.6 Å². The molecule has 0 saturated carbocycles. The van der Waals surface area contributed by atoms with Crippen molar-refractivity contribution in [3.63, 3.8) is 0 Å². The zero-order valence-electron chi connectivity index (χ0n) is 19.4. The average Bonchev–Trinajstić information content (AvgIpc) is 3.17. The van der Waals surface area contributed by atoms with Gasteiger partial charge in [0.1, 0.15) is 11.6 Å². The predicted molar refractivity (Wildman–Crippen MR) is 133 cm³/mol. The molecule has 0 bridgehead atoms. The van der Waals surface area contributed by atoms with E-state index >= 15 is 0 Å². The summed E-state index contributed by atoms with van der Waals surface area (Å²) in [6, 6.07) is 22.1. The SMILES string of the molecule is COCCN(Cc1c(C)nn(-c2ccc(Cl)cc2)c1Oc1ccccc1)C(=O)c1ccc(F)cc1. The quantitative estimate of drug-likeness (QED) is 0.284. The van der Waals surface area contributed by atoms with Crippen LogP contribution < -0.4 is 4.74 Å². The number of amides is 1. The minimum atomic E-state index is -0.399. The fourth-order valence-electron chi connectivity index (χ4n) is 3.60. The molecule has 0 aliphatic rings. The Kier molecular flexibility index (Phi) is 7.80. The zero-order valence-corrected chi connectivity index (χ0v) is 20.2. The molecule has 0 aliphatic heterocycles. The first kappa shape index (κ1) is 24.4. The van der Waals surface area contributed by atoms with Crippen molar-refractivity contribution < 1.29 is 18.7 Å². The van der Waals surface area contributed by atoms with Gasteiger partial charge in [-0.25, -0.2) is 9.07 Å². The average molecular weight is 494 g/mol. The third-order valence-corrected chi connectivity index (χ3v) is 5.71. The highest BCUT2D eigenvalue weighted by Gasteiger charge is 2.24. The Labute approximate surface area is 208 Å². The number of ether oxygens (including phenoxy) is 2. The summed E-state index contributed by atoms with van der Waals surface area (Å²) in [6.07, 6.45) is 0. The van der Waals surface area contributed by atoms with Crippen molar-refractivity contribution in [1.82, 2.24) is 14.7 Å². The number of benzene rings is 3. The second-order valence-corrected chi connectivity index (χ2v) is 8.34. The van der Waals surface area contributed by atoms with Crippen LogP contribution in [0.4, 0.5) is 4.39 Å². The van der Waals surface area contributed by atoms with Crippen molar-refractivity contribution in [2.24, 2.45) is 0 Å². The van der Waals surface area contributed by atoms with E-state index in [9.17, 15) is 9.18 Å². The van der Waals surface area contributed by atoms with Crippen molar-refractivity contribution in [1.29, 1.82) is 0 Å². The Hall–Kier alpha value is -3.68. The lowest BCUT2D eigenvalue weighted by Gasteiger charge is -2.23. The molecule has 0 spiro atoms. The number of hydrogen-bond donors (Lipinski definition) is 0. The van der Waals surface area contributed by atoms with Crippen LogP contribution in [-0.2, 0) is 11.3 Å². The molecule has 0 atom stereocenters. The van der Waals surface area contributed by atoms with E-state index in [1.165, 1.54) is 24.3 Å². The van der Waals surface area contributed by atoms with E-state index in [2.05, 4.69) is 0 Å². The summed E-state index contributed by atoms with van der Waals surface area (Å²) in [5.41, 5.74) is 2.61. The lowest BCUT2D eigenvalue weighted by Crippen LogP contribution is -2.33. The summed E-state index contributed by atoms with van der Waals surface area (Å²) in [7, 11) is 1.58. The Morgan fingerprint density at radius 1 is 1.03 bits per heavy atom. The van der Waals surface area contributed by atoms with Gasteiger partial charge in [-0.3, -0.25) is 4.79 Å². The van der Waals surface area contributed by atoms with Crippen LogP contribution in [0, 0.1) is 12.7 Å². The zero-order chi connectivity index (χ0) is 24.8. The van der Waals surface area contributed by atoms with Crippen molar-refractivity contribution in [2.45, 2.75) is 13.5 Å². The van der Waals surface area contributed by atoms with E-state index in [0.717, 1.165) is 11.3 Å². The highest BCUT2D eigenvalue weighted by molar-refractivity contribution is 6.30. The molecule has 0 saturated heterocycles. The van der Waals surface area contributed by atoms with Gasteiger partial charge in [0.15, 0.2) is 0 Å². The molecule has 4 rings (SSSR count). The number of nitrogens with zero attached hydrogens (tertiary/aromatic N) is 3. The van der Waals surface area contributed by atoms with E-state index < -0.39 is 5.82 Å². The van der Waals surface area contributed by atoms with Crippen molar-refractivity contribution in [3.05, 3.63) is 107 Å². The van der Waals surface area contributed by atoms with Gasteiger partial charge in [-0.2, -0.15) is 5.10 Å². The summed E-state index contributed by atoms with van der Waals surface area (Å²) in [4.78, 5) is 15.0. The van der Waals surface area contributed by atoms with Crippen LogP contribution in [0.25, 0.3) is 5.69 Å². The van der Waals surface area contributed by atoms with Gasteiger partial charge in [-0.1, -0.05) is 29.8 Å². The van der Waals surface area contributed by atoms with Gasteiger partial charge in [0.2, 0.25) is 5.88 Å². The van der Waals surface area contributed by atoms with E-state index in [1.54, 1.807) is 28.8 Å². The molecule has 0 radical (unpaired) electrons. The number of carbonyl (C=O) groups excluding carboxylic acids is 1. The second kappa shape index (κ2) is 11.2. The Balaban J connectivity index is 1.75. The number of hydrogen-bond acceptors (Lipinski definition) is 4. The highest BCUT2D eigenvalue weighted by Crippen LogP contribution is 2.32. The second-order valence-electron chi connectivity index (χ2n) is 7.90. The van der Waals surface area contributed by atoms with Gasteiger partial charge in [0.25, 0.3) is 5.91 Å². The van der Waals surface area contributed by atoms with Crippen LogP contribution >= 0.6 is 11.6 Å². The van der Waals surface area contributed by atoms with Crippen LogP contribution in [0.5, 0.6) is 11.6 Å². The first-order valence-corrected chi connectivity index (χ1v) is 11.4. The molecule has 6 nitrogen and oxygen atoms in total. The van der Waals surface area contributed by atoms with Gasteiger partial charge >= 0.3 is 0 Å². The maximum absolute atomic E-state index is 13.4. The molecule has 1 aromatic heterocycles. The molecule has 0 fully saturated rings. The van der Waals surface area contributed by atoms with Crippen molar-refractivity contribution in [2.75, 3.05) is 20.3 Å². The normalized spacial score (nSPS) is 10.9. The summed E-state index contributed by atoms with van der Waals surface area (Å²) in [5, 5.41) is 5.32. The van der Waals surface area contributed by atoms with E-state index in [-0.39, 0.29) is 12.5 Å². The molecular weight excluding hydrogens is 469 g/mol. The third-order valence-electron chi connectivity index (χ3n) is 5.46. The summed E-state index contributed by atoms with van der Waals surface area (Å²) in [5.74, 6) is 0.484. The number of rotatable bonds is 9. The molecule has 0 N–H and O–H groups in total. The third kappa shape index (κ3) is 5.88. The monoisotopic (exact) mass is 493 g/mol. The number of carbonyl (C=O) groups is 1. The van der Waals surface area contributed by atoms with Gasteiger partial charge in [-0.15, -0.1) is 0 Å². The largest absolute Gasteiger partial charge is 0.439 e. The van der Waals surface area contributed by atoms with E-state index in [0.29, 0.717) is 41.1 Å². The number of aromatic nitrogens is 2. The van der Waals surface area contributed by atoms with Crippen LogP contribution in [-0.4, -0.2) is 40.8 Å². The van der Waals surface area contributed by atoms with E-state index in [1.807, 2.05) is 49.4 Å². The van der Waals surface area contributed by atoms with Gasteiger partial charge < -0.3 is 14.4 Å². The lowest BCUT2D eigenvalue weighted by molar-refractivity contribution is 0.0679. The van der Waals surface area contributed by atoms with Gasteiger partial charge in [0, 0.05) is 24.2 Å². The topological polar surface area (TPSA) is 56.6 Å². The molecule has 3 aromatic carbocycles. The number of aryl methyl sites for hydroxylation is 1. The molecule has 35 heavy (non-hydrogen) atoms. The summed E-state index contributed by atoms with van der Waals surface area (Å²) < 4.78 is 26.7. The summed E-state index contributed by atoms with van der Waals surface area (Å²) >= 11 is 6.08. The van der Waals surface area contributed by atoms with E-state index in [4.69, 9.17) is 26.2 Å². The lowest BCUT2D eigenvalue weighted by atomic mass is 10.1. The summed E-state index contributed by atoms with van der Waals surface area (Å²) in [6.45, 7) is 2.77. The highest BCUT2D eigenvalue weighted by atomic mass is 35.5. The first-order valence-electron chi connectivity index (χ1n) is 11.1. The molecule has 8 heteroatoms. The maximum atomic E-state index is 13.4. The molecule has 1 heterocycles. The molecule has 0 unspecified atom stereocenters. The molecule has 180 valence electrons. The van der Waals surface area contributed by atoms with Crippen molar-refractivity contribution >= 4 is 17.5 Å². The fraction of sp³-hybridized carbons (Fsp3) is 0.185. The van der Waals surface area contributed by atoms with Crippen molar-refractivity contribution in [3.8, 4) is 17.3 Å². The standard InChI is InChI=1S/C27H25ClFN3O3/c1-19-25(18-31(16-17-34-2)26(33)20-8-12-22(29)13-9-20)27(35-24-6-4-3-5-7-24)32(30-19)23-14-10-21(28)11-15-23/h3-15H,16-18H2,1-2H3. The Morgan fingerprint density at radius 3 is 2.37 bits per heavy atom. The number of methoxy groups -OCH3 is 1. The number of halogens is 2. The molecule has 0 aliphatic carbocycles. The minimum Gasteiger partial charge on any atom is -0.439 e. The van der Waals surface area contributed by atoms with Gasteiger partial charge in [0.05, 0.1) is 30.1 Å². The van der Waals surface area contributed by atoms with Gasteiger partial charge in [-0.05, 0) is 67.6 Å². The molecule has 1 amide bonds. The Bertz CT molecular complexity index is 1280. The molecular formula is C27H25ClFN3O3. The number of para-hydroxylation sites is 1. The maximum Gasteiger partial charge on any atom is 0.254 e. The van der Waals surface area contributed by atoms with Crippen LogP contribution in [0.3, 0.4) is 0 Å². The predicted octanol–water partition coefficient (Wildman–Crippen LogP) is 6.05. The Morgan fingerprint density at radius 2 is 1.71 bits per heavy atom. The first-order chi connectivity index (χ1) is 17.0. The van der Waals surface area contributed by atoms with Crippen LogP contribution in [0.2, 0.25) is 5.02 Å². The fourth-order valence-corrected chi connectivity index (χ4v) is 3.73. The smallest absolute Gasteiger partial charge is 0.254 e. The van der Waals surface area contributed by atoms with Crippen LogP contribution in [0.15, 0.2) is 78.9 Å². The molecule has 4 aromatic rings.